The zero-order valence-corrected chi connectivity index (χ0v) is 11.2. The monoisotopic (exact) mass is 261 g/mol. The van der Waals surface area contributed by atoms with Crippen molar-refractivity contribution in [3.05, 3.63) is 29.1 Å². The van der Waals surface area contributed by atoms with Crippen LogP contribution < -0.4 is 4.90 Å². The van der Waals surface area contributed by atoms with Gasteiger partial charge in [-0.1, -0.05) is 0 Å². The minimum atomic E-state index is 0.797. The van der Waals surface area contributed by atoms with Gasteiger partial charge in [-0.25, -0.2) is 0 Å². The van der Waals surface area contributed by atoms with Gasteiger partial charge in [0, 0.05) is 23.5 Å². The number of hydrogen-bond donors (Lipinski definition) is 0. The number of aldehydes is 1. The summed E-state index contributed by atoms with van der Waals surface area (Å²) in [7, 11) is 4.11. The lowest BCUT2D eigenvalue weighted by Gasteiger charge is -2.06. The Bertz CT molecular complexity index is 658. The summed E-state index contributed by atoms with van der Waals surface area (Å²) in [5, 5.41) is 3.68. The van der Waals surface area contributed by atoms with E-state index in [1.54, 1.807) is 22.7 Å². The molecule has 0 fully saturated rings. The molecule has 0 aliphatic carbocycles. The Morgan fingerprint density at radius 1 is 1.00 bits per heavy atom. The number of rotatable bonds is 2. The van der Waals surface area contributed by atoms with Gasteiger partial charge < -0.3 is 4.90 Å². The van der Waals surface area contributed by atoms with Crippen molar-refractivity contribution in [1.29, 1.82) is 0 Å². The summed E-state index contributed by atoms with van der Waals surface area (Å²) in [6, 6.07) is 8.50. The van der Waals surface area contributed by atoms with Gasteiger partial charge in [0.15, 0.2) is 6.29 Å². The highest BCUT2D eigenvalue weighted by atomic mass is 32.1. The van der Waals surface area contributed by atoms with Gasteiger partial charge in [0.1, 0.15) is 0 Å². The van der Waals surface area contributed by atoms with Crippen molar-refractivity contribution in [1.82, 2.24) is 0 Å². The molecule has 0 N–H and O–H groups in total. The van der Waals surface area contributed by atoms with Crippen LogP contribution in [0.5, 0.6) is 0 Å². The zero-order valence-electron chi connectivity index (χ0n) is 9.56. The fraction of sp³-hybridized carbons (Fsp3) is 0.154. The predicted molar refractivity (Wildman–Crippen MR) is 76.9 cm³/mol. The van der Waals surface area contributed by atoms with E-state index in [1.165, 1.54) is 19.8 Å². The van der Waals surface area contributed by atoms with E-state index in [1.807, 2.05) is 6.07 Å². The maximum Gasteiger partial charge on any atom is 0.160 e. The molecule has 0 saturated carbocycles. The summed E-state index contributed by atoms with van der Waals surface area (Å²) in [6.07, 6.45) is 0.921. The van der Waals surface area contributed by atoms with E-state index >= 15 is 0 Å². The second-order valence-corrected chi connectivity index (χ2v) is 6.35. The molecule has 1 aromatic carbocycles. The van der Waals surface area contributed by atoms with E-state index in [-0.39, 0.29) is 0 Å². The van der Waals surface area contributed by atoms with Crippen molar-refractivity contribution >= 4 is 54.1 Å². The molecule has 0 bridgehead atoms. The molecule has 17 heavy (non-hydrogen) atoms. The molecule has 4 heteroatoms. The number of anilines is 1. The van der Waals surface area contributed by atoms with Crippen LogP contribution in [0.2, 0.25) is 0 Å². The number of thiophene rings is 2. The summed E-state index contributed by atoms with van der Waals surface area (Å²) < 4.78 is 2.46. The molecule has 2 heterocycles. The highest BCUT2D eigenvalue weighted by Crippen LogP contribution is 2.36. The average molecular weight is 261 g/mol. The van der Waals surface area contributed by atoms with Crippen LogP contribution in [-0.4, -0.2) is 20.4 Å². The highest BCUT2D eigenvalue weighted by Gasteiger charge is 2.07. The number of carbonyl (C=O) groups is 1. The first-order chi connectivity index (χ1) is 8.17. The molecule has 0 amide bonds. The van der Waals surface area contributed by atoms with Gasteiger partial charge in [0.05, 0.1) is 9.88 Å². The molecule has 2 nitrogen and oxygen atoms in total. The summed E-state index contributed by atoms with van der Waals surface area (Å²) in [5.74, 6) is 0. The van der Waals surface area contributed by atoms with Crippen LogP contribution in [0.25, 0.3) is 20.2 Å². The highest BCUT2D eigenvalue weighted by molar-refractivity contribution is 7.23. The topological polar surface area (TPSA) is 20.3 Å². The standard InChI is InChI=1S/C13H11NOS2/c1-14(2)13-6-9-5-11-8(4-12(9)17-13)3-10(7-15)16-11/h3-7H,1-2H3. The van der Waals surface area contributed by atoms with E-state index in [2.05, 4.69) is 37.2 Å². The maximum atomic E-state index is 10.8. The Morgan fingerprint density at radius 3 is 2.29 bits per heavy atom. The molecule has 0 spiro atoms. The molecule has 0 aliphatic heterocycles. The molecule has 0 atom stereocenters. The van der Waals surface area contributed by atoms with E-state index in [0.717, 1.165) is 16.5 Å². The second-order valence-electron chi connectivity index (χ2n) is 4.17. The molecular weight excluding hydrogens is 250 g/mol. The molecule has 86 valence electrons. The first-order valence-electron chi connectivity index (χ1n) is 5.27. The van der Waals surface area contributed by atoms with Gasteiger partial charge in [-0.3, -0.25) is 4.79 Å². The Morgan fingerprint density at radius 2 is 1.65 bits per heavy atom. The van der Waals surface area contributed by atoms with Gasteiger partial charge >= 0.3 is 0 Å². The normalized spacial score (nSPS) is 11.2. The zero-order chi connectivity index (χ0) is 12.0. The van der Waals surface area contributed by atoms with Crippen LogP contribution >= 0.6 is 22.7 Å². The van der Waals surface area contributed by atoms with Crippen molar-refractivity contribution in [3.8, 4) is 0 Å². The summed E-state index contributed by atoms with van der Waals surface area (Å²) >= 11 is 3.33. The molecule has 0 unspecified atom stereocenters. The number of hydrogen-bond acceptors (Lipinski definition) is 4. The third-order valence-corrected chi connectivity index (χ3v) is 5.01. The van der Waals surface area contributed by atoms with Crippen molar-refractivity contribution in [2.45, 2.75) is 0 Å². The average Bonchev–Trinajstić information content (AvgIpc) is 2.87. The van der Waals surface area contributed by atoms with Crippen molar-refractivity contribution in [2.75, 3.05) is 19.0 Å². The fourth-order valence-corrected chi connectivity index (χ4v) is 3.78. The van der Waals surface area contributed by atoms with Crippen molar-refractivity contribution in [2.24, 2.45) is 0 Å². The third-order valence-electron chi connectivity index (χ3n) is 2.72. The lowest BCUT2D eigenvalue weighted by molar-refractivity contribution is 0.112. The minimum Gasteiger partial charge on any atom is -0.370 e. The van der Waals surface area contributed by atoms with Crippen LogP contribution in [0.1, 0.15) is 9.67 Å². The van der Waals surface area contributed by atoms with E-state index in [0.29, 0.717) is 0 Å². The molecule has 0 aliphatic rings. The van der Waals surface area contributed by atoms with Crippen LogP contribution in [-0.2, 0) is 0 Å². The minimum absolute atomic E-state index is 0.797. The fourth-order valence-electron chi connectivity index (χ4n) is 1.86. The van der Waals surface area contributed by atoms with Gasteiger partial charge in [-0.05, 0) is 35.0 Å². The molecule has 2 aromatic heterocycles. The van der Waals surface area contributed by atoms with E-state index in [4.69, 9.17) is 0 Å². The van der Waals surface area contributed by atoms with Crippen LogP contribution in [0, 0.1) is 0 Å². The maximum absolute atomic E-state index is 10.8. The van der Waals surface area contributed by atoms with Crippen molar-refractivity contribution < 1.29 is 4.79 Å². The Hall–Kier alpha value is -1.39. The summed E-state index contributed by atoms with van der Waals surface area (Å²) in [5.41, 5.74) is 0. The SMILES string of the molecule is CN(C)c1cc2cc3sc(C=O)cc3cc2s1. The summed E-state index contributed by atoms with van der Waals surface area (Å²) in [6.45, 7) is 0. The molecular formula is C13H11NOS2. The smallest absolute Gasteiger partial charge is 0.160 e. The summed E-state index contributed by atoms with van der Waals surface area (Å²) in [4.78, 5) is 13.7. The van der Waals surface area contributed by atoms with Gasteiger partial charge in [-0.15, -0.1) is 22.7 Å². The number of fused-ring (bicyclic) bond motifs is 2. The number of nitrogens with zero attached hydrogens (tertiary/aromatic N) is 1. The lowest BCUT2D eigenvalue weighted by Crippen LogP contribution is -2.05. The largest absolute Gasteiger partial charge is 0.370 e. The second kappa shape index (κ2) is 3.82. The first kappa shape index (κ1) is 10.7. The lowest BCUT2D eigenvalue weighted by atomic mass is 10.2. The van der Waals surface area contributed by atoms with Crippen LogP contribution in [0.4, 0.5) is 5.00 Å². The van der Waals surface area contributed by atoms with Gasteiger partial charge in [0.2, 0.25) is 0 Å². The quantitative estimate of drug-likeness (QED) is 0.650. The van der Waals surface area contributed by atoms with E-state index in [9.17, 15) is 4.79 Å². The van der Waals surface area contributed by atoms with E-state index < -0.39 is 0 Å². The first-order valence-corrected chi connectivity index (χ1v) is 6.90. The molecule has 3 rings (SSSR count). The Labute approximate surface area is 107 Å². The van der Waals surface area contributed by atoms with Gasteiger partial charge in [0.25, 0.3) is 0 Å². The predicted octanol–water partition coefficient (Wildman–Crippen LogP) is 3.99. The third kappa shape index (κ3) is 1.73. The van der Waals surface area contributed by atoms with Gasteiger partial charge in [-0.2, -0.15) is 0 Å². The number of benzene rings is 1. The molecule has 3 aromatic rings. The Kier molecular flexibility index (Phi) is 2.42. The Balaban J connectivity index is 2.28. The molecule has 0 radical (unpaired) electrons. The van der Waals surface area contributed by atoms with Crippen LogP contribution in [0.15, 0.2) is 24.3 Å². The number of carbonyl (C=O) groups excluding carboxylic acids is 1. The van der Waals surface area contributed by atoms with Crippen molar-refractivity contribution in [3.63, 3.8) is 0 Å². The molecule has 0 saturated heterocycles. The van der Waals surface area contributed by atoms with Crippen LogP contribution in [0.3, 0.4) is 0 Å².